The monoisotopic (exact) mass is 396 g/mol. The Morgan fingerprint density at radius 1 is 1.14 bits per heavy atom. The van der Waals surface area contributed by atoms with E-state index in [1.54, 1.807) is 11.5 Å². The Labute approximate surface area is 168 Å². The SMILES string of the molecule is CCOC(=O)Cn1c(=NC(=O)CCc2ccccc2)sc2cc(C)cc(C)c21. The van der Waals surface area contributed by atoms with E-state index in [4.69, 9.17) is 4.74 Å². The van der Waals surface area contributed by atoms with Crippen LogP contribution in [-0.4, -0.2) is 23.1 Å². The lowest BCUT2D eigenvalue weighted by molar-refractivity contribution is -0.143. The van der Waals surface area contributed by atoms with Crippen molar-refractivity contribution in [3.8, 4) is 0 Å². The van der Waals surface area contributed by atoms with Crippen molar-refractivity contribution in [3.63, 3.8) is 0 Å². The van der Waals surface area contributed by atoms with E-state index in [0.717, 1.165) is 26.9 Å². The van der Waals surface area contributed by atoms with Gasteiger partial charge in [0, 0.05) is 6.42 Å². The van der Waals surface area contributed by atoms with Crippen LogP contribution >= 0.6 is 11.3 Å². The van der Waals surface area contributed by atoms with E-state index >= 15 is 0 Å². The minimum atomic E-state index is -0.333. The lowest BCUT2D eigenvalue weighted by atomic mass is 10.1. The first kappa shape index (κ1) is 20.0. The Bertz CT molecular complexity index is 1060. The van der Waals surface area contributed by atoms with Crippen LogP contribution in [0.3, 0.4) is 0 Å². The highest BCUT2D eigenvalue weighted by Crippen LogP contribution is 2.23. The number of nitrogens with zero attached hydrogens (tertiary/aromatic N) is 2. The predicted octanol–water partition coefficient (Wildman–Crippen LogP) is 3.94. The van der Waals surface area contributed by atoms with Gasteiger partial charge in [-0.3, -0.25) is 9.59 Å². The van der Waals surface area contributed by atoms with Crippen molar-refractivity contribution < 1.29 is 14.3 Å². The lowest BCUT2D eigenvalue weighted by Gasteiger charge is -2.07. The number of hydrogen-bond acceptors (Lipinski definition) is 4. The number of carbonyl (C=O) groups is 2. The maximum atomic E-state index is 12.5. The third-order valence-electron chi connectivity index (χ3n) is 4.40. The topological polar surface area (TPSA) is 60.7 Å². The van der Waals surface area contributed by atoms with Gasteiger partial charge in [0.25, 0.3) is 0 Å². The van der Waals surface area contributed by atoms with Gasteiger partial charge in [0.2, 0.25) is 5.91 Å². The first-order valence-corrected chi connectivity index (χ1v) is 10.2. The molecule has 0 aliphatic heterocycles. The Morgan fingerprint density at radius 3 is 2.61 bits per heavy atom. The van der Waals surface area contributed by atoms with Crippen molar-refractivity contribution in [3.05, 3.63) is 64.0 Å². The average molecular weight is 397 g/mol. The van der Waals surface area contributed by atoms with Crippen LogP contribution in [-0.2, 0) is 27.3 Å². The predicted molar refractivity (Wildman–Crippen MR) is 111 cm³/mol. The van der Waals surface area contributed by atoms with Crippen LogP contribution in [0.5, 0.6) is 0 Å². The third-order valence-corrected chi connectivity index (χ3v) is 5.42. The zero-order chi connectivity index (χ0) is 20.1. The normalized spacial score (nSPS) is 11.8. The maximum Gasteiger partial charge on any atom is 0.326 e. The van der Waals surface area contributed by atoms with Crippen LogP contribution in [0.4, 0.5) is 0 Å². The molecule has 0 atom stereocenters. The highest BCUT2D eigenvalue weighted by atomic mass is 32.1. The molecular formula is C22H24N2O3S. The Hall–Kier alpha value is -2.73. The highest BCUT2D eigenvalue weighted by molar-refractivity contribution is 7.16. The fourth-order valence-electron chi connectivity index (χ4n) is 3.22. The minimum absolute atomic E-state index is 0.0442. The van der Waals surface area contributed by atoms with Crippen molar-refractivity contribution in [1.82, 2.24) is 4.57 Å². The third kappa shape index (κ3) is 4.75. The van der Waals surface area contributed by atoms with E-state index in [-0.39, 0.29) is 18.4 Å². The van der Waals surface area contributed by atoms with Crippen molar-refractivity contribution >= 4 is 33.4 Å². The maximum absolute atomic E-state index is 12.5. The number of hydrogen-bond donors (Lipinski definition) is 0. The summed E-state index contributed by atoms with van der Waals surface area (Å²) in [7, 11) is 0. The minimum Gasteiger partial charge on any atom is -0.465 e. The molecule has 6 heteroatoms. The van der Waals surface area contributed by atoms with E-state index in [9.17, 15) is 9.59 Å². The summed E-state index contributed by atoms with van der Waals surface area (Å²) in [6, 6.07) is 14.0. The summed E-state index contributed by atoms with van der Waals surface area (Å²) >= 11 is 1.43. The van der Waals surface area contributed by atoms with Crippen LogP contribution in [0.15, 0.2) is 47.5 Å². The molecule has 1 heterocycles. The number of rotatable bonds is 6. The quantitative estimate of drug-likeness (QED) is 0.593. The zero-order valence-electron chi connectivity index (χ0n) is 16.4. The van der Waals surface area contributed by atoms with E-state index < -0.39 is 0 Å². The fourth-order valence-corrected chi connectivity index (χ4v) is 4.44. The van der Waals surface area contributed by atoms with E-state index in [0.29, 0.717) is 24.2 Å². The molecule has 146 valence electrons. The van der Waals surface area contributed by atoms with Crippen molar-refractivity contribution in [2.75, 3.05) is 6.61 Å². The summed E-state index contributed by atoms with van der Waals surface area (Å²) in [5.74, 6) is -0.525. The average Bonchev–Trinajstić information content (AvgIpc) is 2.98. The number of benzene rings is 2. The molecule has 1 amide bonds. The second-order valence-corrected chi connectivity index (χ2v) is 7.70. The molecule has 0 fully saturated rings. The second-order valence-electron chi connectivity index (χ2n) is 6.70. The molecule has 0 aliphatic carbocycles. The number of esters is 1. The molecule has 0 spiro atoms. The number of carbonyl (C=O) groups excluding carboxylic acids is 2. The molecule has 1 aromatic heterocycles. The van der Waals surface area contributed by atoms with Crippen LogP contribution in [0.2, 0.25) is 0 Å². The molecule has 0 saturated carbocycles. The Kier molecular flexibility index (Phi) is 6.41. The lowest BCUT2D eigenvalue weighted by Crippen LogP contribution is -2.23. The molecule has 2 aromatic carbocycles. The van der Waals surface area contributed by atoms with Crippen LogP contribution in [0, 0.1) is 13.8 Å². The molecule has 0 unspecified atom stereocenters. The summed E-state index contributed by atoms with van der Waals surface area (Å²) in [6.45, 7) is 6.18. The van der Waals surface area contributed by atoms with Crippen molar-refractivity contribution in [2.45, 2.75) is 40.2 Å². The van der Waals surface area contributed by atoms with Crippen LogP contribution in [0.1, 0.15) is 30.0 Å². The van der Waals surface area contributed by atoms with Crippen molar-refractivity contribution in [1.29, 1.82) is 0 Å². The molecule has 3 aromatic rings. The summed E-state index contributed by atoms with van der Waals surface area (Å²) < 4.78 is 7.92. The number of aromatic nitrogens is 1. The standard InChI is InChI=1S/C22H24N2O3S/c1-4-27-20(26)14-24-21-16(3)12-15(2)13-18(21)28-22(24)23-19(25)11-10-17-8-6-5-7-9-17/h5-9,12-13H,4,10-11,14H2,1-3H3. The molecule has 0 radical (unpaired) electrons. The van der Waals surface area contributed by atoms with E-state index in [1.165, 1.54) is 11.3 Å². The number of fused-ring (bicyclic) bond motifs is 1. The van der Waals surface area contributed by atoms with Gasteiger partial charge in [-0.2, -0.15) is 4.99 Å². The number of aryl methyl sites for hydroxylation is 3. The summed E-state index contributed by atoms with van der Waals surface area (Å²) in [4.78, 5) is 29.5. The Balaban J connectivity index is 1.96. The van der Waals surface area contributed by atoms with Gasteiger partial charge in [-0.15, -0.1) is 0 Å². The molecule has 0 bridgehead atoms. The molecule has 0 N–H and O–H groups in total. The molecule has 0 aliphatic rings. The number of amides is 1. The summed E-state index contributed by atoms with van der Waals surface area (Å²) in [5, 5.41) is 0. The summed E-state index contributed by atoms with van der Waals surface area (Å²) in [6.07, 6.45) is 0.972. The van der Waals surface area contributed by atoms with Gasteiger partial charge in [-0.25, -0.2) is 0 Å². The number of ether oxygens (including phenoxy) is 1. The van der Waals surface area contributed by atoms with Crippen LogP contribution in [0.25, 0.3) is 10.2 Å². The van der Waals surface area contributed by atoms with Gasteiger partial charge in [0.05, 0.1) is 16.8 Å². The van der Waals surface area contributed by atoms with E-state index in [1.807, 2.05) is 44.2 Å². The molecule has 28 heavy (non-hydrogen) atoms. The number of thiazole rings is 1. The Morgan fingerprint density at radius 2 is 1.89 bits per heavy atom. The van der Waals surface area contributed by atoms with E-state index in [2.05, 4.69) is 17.1 Å². The smallest absolute Gasteiger partial charge is 0.326 e. The van der Waals surface area contributed by atoms with Gasteiger partial charge in [-0.1, -0.05) is 47.7 Å². The molecule has 3 rings (SSSR count). The fraction of sp³-hybridized carbons (Fsp3) is 0.318. The molecule has 5 nitrogen and oxygen atoms in total. The van der Waals surface area contributed by atoms with Gasteiger partial charge in [0.15, 0.2) is 4.80 Å². The molecular weight excluding hydrogens is 372 g/mol. The van der Waals surface area contributed by atoms with Crippen LogP contribution < -0.4 is 4.80 Å². The van der Waals surface area contributed by atoms with Gasteiger partial charge >= 0.3 is 5.97 Å². The largest absolute Gasteiger partial charge is 0.465 e. The first-order chi connectivity index (χ1) is 13.5. The van der Waals surface area contributed by atoms with Gasteiger partial charge in [0.1, 0.15) is 6.54 Å². The van der Waals surface area contributed by atoms with Gasteiger partial charge in [-0.05, 0) is 49.9 Å². The summed E-state index contributed by atoms with van der Waals surface area (Å²) in [5.41, 5.74) is 4.22. The first-order valence-electron chi connectivity index (χ1n) is 9.35. The second kappa shape index (κ2) is 8.97. The van der Waals surface area contributed by atoms with Gasteiger partial charge < -0.3 is 9.30 Å². The molecule has 0 saturated heterocycles. The highest BCUT2D eigenvalue weighted by Gasteiger charge is 2.14. The van der Waals surface area contributed by atoms with Crippen molar-refractivity contribution in [2.24, 2.45) is 4.99 Å². The zero-order valence-corrected chi connectivity index (χ0v) is 17.2.